The van der Waals surface area contributed by atoms with Crippen molar-refractivity contribution in [2.24, 2.45) is 0 Å². The van der Waals surface area contributed by atoms with Gasteiger partial charge in [-0.3, -0.25) is 10.2 Å². The highest BCUT2D eigenvalue weighted by atomic mass is 16.2. The number of benzene rings is 2. The lowest BCUT2D eigenvalue weighted by Crippen LogP contribution is -2.30. The molecule has 0 aliphatic carbocycles. The third kappa shape index (κ3) is 2.60. The van der Waals surface area contributed by atoms with Crippen LogP contribution in [0.4, 0.5) is 5.82 Å². The van der Waals surface area contributed by atoms with E-state index < -0.39 is 0 Å². The zero-order chi connectivity index (χ0) is 18.2. The van der Waals surface area contributed by atoms with Gasteiger partial charge in [0.05, 0.1) is 23.3 Å². The maximum Gasteiger partial charge on any atom is 0.275 e. The highest BCUT2D eigenvalue weighted by Crippen LogP contribution is 2.37. The van der Waals surface area contributed by atoms with E-state index in [9.17, 15) is 4.79 Å². The molecule has 0 spiro atoms. The molecule has 1 N–H and O–H groups in total. The van der Waals surface area contributed by atoms with Gasteiger partial charge in [0, 0.05) is 17.1 Å². The second kappa shape index (κ2) is 6.21. The van der Waals surface area contributed by atoms with Crippen LogP contribution in [0.1, 0.15) is 16.1 Å². The first-order valence-electron chi connectivity index (χ1n) is 8.78. The van der Waals surface area contributed by atoms with Gasteiger partial charge in [0.2, 0.25) is 0 Å². The van der Waals surface area contributed by atoms with E-state index in [0.29, 0.717) is 17.9 Å². The van der Waals surface area contributed by atoms with Crippen molar-refractivity contribution in [1.82, 2.24) is 15.0 Å². The molecule has 0 fully saturated rings. The number of rotatable bonds is 3. The maximum absolute atomic E-state index is 13.2. The average molecular weight is 352 g/mol. The Morgan fingerprint density at radius 3 is 2.44 bits per heavy atom. The SMILES string of the molecule is O=C1c2c(nc3ccccc3c2-c2ccccc2)CN1Nc1ccccn1. The summed E-state index contributed by atoms with van der Waals surface area (Å²) < 4.78 is 0. The van der Waals surface area contributed by atoms with Gasteiger partial charge in [-0.2, -0.15) is 0 Å². The smallest absolute Gasteiger partial charge is 0.275 e. The first kappa shape index (κ1) is 15.5. The molecule has 0 unspecified atom stereocenters. The van der Waals surface area contributed by atoms with E-state index in [0.717, 1.165) is 27.7 Å². The normalized spacial score (nSPS) is 13.0. The zero-order valence-corrected chi connectivity index (χ0v) is 14.5. The number of fused-ring (bicyclic) bond motifs is 2. The second-order valence-corrected chi connectivity index (χ2v) is 6.41. The van der Waals surface area contributed by atoms with Crippen LogP contribution in [0, 0.1) is 0 Å². The maximum atomic E-state index is 13.2. The summed E-state index contributed by atoms with van der Waals surface area (Å²) in [5.74, 6) is 0.539. The Balaban J connectivity index is 1.67. The molecule has 2 aromatic heterocycles. The largest absolute Gasteiger partial charge is 0.279 e. The topological polar surface area (TPSA) is 58.1 Å². The lowest BCUT2D eigenvalue weighted by Gasteiger charge is -2.17. The Labute approximate surface area is 156 Å². The minimum absolute atomic E-state index is 0.0900. The summed E-state index contributed by atoms with van der Waals surface area (Å²) in [5, 5.41) is 2.56. The van der Waals surface area contributed by atoms with Gasteiger partial charge in [-0.05, 0) is 23.8 Å². The summed E-state index contributed by atoms with van der Waals surface area (Å²) in [6.07, 6.45) is 1.69. The number of hydrogen-bond acceptors (Lipinski definition) is 4. The molecule has 27 heavy (non-hydrogen) atoms. The van der Waals surface area contributed by atoms with Gasteiger partial charge in [-0.1, -0.05) is 54.6 Å². The number of hydrazine groups is 1. The van der Waals surface area contributed by atoms with Crippen LogP contribution in [0.15, 0.2) is 79.0 Å². The predicted octanol–water partition coefficient (Wildman–Crippen LogP) is 4.28. The molecule has 1 aliphatic heterocycles. The fraction of sp³-hybridized carbons (Fsp3) is 0.0455. The molecule has 0 saturated heterocycles. The van der Waals surface area contributed by atoms with E-state index in [1.54, 1.807) is 11.2 Å². The molecule has 0 atom stereocenters. The summed E-state index contributed by atoms with van der Waals surface area (Å²) in [4.78, 5) is 22.2. The predicted molar refractivity (Wildman–Crippen MR) is 105 cm³/mol. The molecular formula is C22H16N4O. The van der Waals surface area contributed by atoms with Crippen LogP contribution in [0.3, 0.4) is 0 Å². The number of nitrogens with one attached hydrogen (secondary N) is 1. The molecule has 3 heterocycles. The van der Waals surface area contributed by atoms with Crippen LogP contribution in [-0.2, 0) is 6.54 Å². The number of anilines is 1. The average Bonchev–Trinajstić information content (AvgIpc) is 3.02. The van der Waals surface area contributed by atoms with Crippen LogP contribution in [-0.4, -0.2) is 20.9 Å². The quantitative estimate of drug-likeness (QED) is 0.598. The molecule has 4 aromatic rings. The first-order valence-corrected chi connectivity index (χ1v) is 8.78. The number of aromatic nitrogens is 2. The lowest BCUT2D eigenvalue weighted by molar-refractivity contribution is 0.0814. The lowest BCUT2D eigenvalue weighted by atomic mass is 9.95. The highest BCUT2D eigenvalue weighted by Gasteiger charge is 2.33. The van der Waals surface area contributed by atoms with Crippen molar-refractivity contribution >= 4 is 22.6 Å². The van der Waals surface area contributed by atoms with Gasteiger partial charge in [0.15, 0.2) is 0 Å². The number of hydrogen-bond donors (Lipinski definition) is 1. The molecule has 130 valence electrons. The zero-order valence-electron chi connectivity index (χ0n) is 14.5. The number of pyridine rings is 2. The molecule has 5 rings (SSSR count). The highest BCUT2D eigenvalue weighted by molar-refractivity contribution is 6.11. The fourth-order valence-corrected chi connectivity index (χ4v) is 3.53. The van der Waals surface area contributed by atoms with Gasteiger partial charge < -0.3 is 0 Å². The summed E-state index contributed by atoms with van der Waals surface area (Å²) in [6.45, 7) is 0.398. The number of carbonyl (C=O) groups is 1. The van der Waals surface area contributed by atoms with Crippen LogP contribution < -0.4 is 5.43 Å². The summed E-state index contributed by atoms with van der Waals surface area (Å²) in [7, 11) is 0. The fourth-order valence-electron chi connectivity index (χ4n) is 3.53. The number of amides is 1. The van der Waals surface area contributed by atoms with Gasteiger partial charge in [-0.15, -0.1) is 0 Å². The Morgan fingerprint density at radius 1 is 0.852 bits per heavy atom. The van der Waals surface area contributed by atoms with Gasteiger partial charge in [0.25, 0.3) is 5.91 Å². The van der Waals surface area contributed by atoms with Gasteiger partial charge in [-0.25, -0.2) is 15.0 Å². The van der Waals surface area contributed by atoms with Gasteiger partial charge >= 0.3 is 0 Å². The van der Waals surface area contributed by atoms with Crippen molar-refractivity contribution in [2.75, 3.05) is 5.43 Å². The van der Waals surface area contributed by atoms with Crippen molar-refractivity contribution in [3.05, 3.63) is 90.3 Å². The monoisotopic (exact) mass is 352 g/mol. The Morgan fingerprint density at radius 2 is 1.63 bits per heavy atom. The Hall–Kier alpha value is -3.73. The van der Waals surface area contributed by atoms with Crippen molar-refractivity contribution in [3.8, 4) is 11.1 Å². The third-order valence-corrected chi connectivity index (χ3v) is 4.71. The van der Waals surface area contributed by atoms with Crippen LogP contribution >= 0.6 is 0 Å². The van der Waals surface area contributed by atoms with Gasteiger partial charge in [0.1, 0.15) is 5.82 Å². The molecule has 2 aromatic carbocycles. The molecule has 0 bridgehead atoms. The minimum Gasteiger partial charge on any atom is -0.279 e. The molecule has 1 amide bonds. The molecule has 1 aliphatic rings. The molecule has 0 radical (unpaired) electrons. The van der Waals surface area contributed by atoms with Crippen molar-refractivity contribution in [1.29, 1.82) is 0 Å². The van der Waals surface area contributed by atoms with E-state index in [-0.39, 0.29) is 5.91 Å². The number of carbonyl (C=O) groups excluding carboxylic acids is 1. The Kier molecular flexibility index (Phi) is 3.57. The molecule has 5 heteroatoms. The van der Waals surface area contributed by atoms with Crippen LogP contribution in [0.25, 0.3) is 22.0 Å². The summed E-state index contributed by atoms with van der Waals surface area (Å²) in [6, 6.07) is 23.5. The van der Waals surface area contributed by atoms with E-state index in [2.05, 4.69) is 10.4 Å². The van der Waals surface area contributed by atoms with E-state index in [1.165, 1.54) is 0 Å². The molecular weight excluding hydrogens is 336 g/mol. The van der Waals surface area contributed by atoms with Crippen molar-refractivity contribution in [3.63, 3.8) is 0 Å². The van der Waals surface area contributed by atoms with E-state index >= 15 is 0 Å². The van der Waals surface area contributed by atoms with Crippen LogP contribution in [0.5, 0.6) is 0 Å². The van der Waals surface area contributed by atoms with E-state index in [4.69, 9.17) is 4.98 Å². The molecule has 5 nitrogen and oxygen atoms in total. The molecule has 0 saturated carbocycles. The van der Waals surface area contributed by atoms with E-state index in [1.807, 2.05) is 72.8 Å². The summed E-state index contributed by atoms with van der Waals surface area (Å²) >= 11 is 0. The van der Waals surface area contributed by atoms with Crippen LogP contribution in [0.2, 0.25) is 0 Å². The standard InChI is InChI=1S/C22H16N4O/c27-22-21-18(14-26(22)25-19-12-6-7-13-23-19)24-17-11-5-4-10-16(17)20(21)15-8-2-1-3-9-15/h1-13H,14H2,(H,23,25). The minimum atomic E-state index is -0.0900. The number of nitrogens with zero attached hydrogens (tertiary/aromatic N) is 3. The third-order valence-electron chi connectivity index (χ3n) is 4.71. The van der Waals surface area contributed by atoms with Crippen molar-refractivity contribution < 1.29 is 4.79 Å². The summed E-state index contributed by atoms with van der Waals surface area (Å²) in [5.41, 5.74) is 7.38. The number of para-hydroxylation sites is 1. The Bertz CT molecular complexity index is 1140. The second-order valence-electron chi connectivity index (χ2n) is 6.41. The first-order chi connectivity index (χ1) is 13.3. The van der Waals surface area contributed by atoms with Crippen molar-refractivity contribution in [2.45, 2.75) is 6.54 Å².